The topological polar surface area (TPSA) is 12.0 Å². The second kappa shape index (κ2) is 8.71. The van der Waals surface area contributed by atoms with Crippen LogP contribution in [0.5, 0.6) is 0 Å². The normalized spacial score (nSPS) is 14.4. The van der Waals surface area contributed by atoms with E-state index in [9.17, 15) is 0 Å². The van der Waals surface area contributed by atoms with Crippen LogP contribution in [0.2, 0.25) is 0 Å². The van der Waals surface area contributed by atoms with E-state index in [1.165, 1.54) is 35.7 Å². The molecule has 2 atom stereocenters. The van der Waals surface area contributed by atoms with Gasteiger partial charge in [0.05, 0.1) is 0 Å². The maximum Gasteiger partial charge on any atom is 0.0178 e. The summed E-state index contributed by atoms with van der Waals surface area (Å²) < 4.78 is 1.18. The van der Waals surface area contributed by atoms with Crippen LogP contribution in [0.4, 0.5) is 0 Å². The highest BCUT2D eigenvalue weighted by atomic mass is 79.9. The highest BCUT2D eigenvalue weighted by molar-refractivity contribution is 9.10. The summed E-state index contributed by atoms with van der Waals surface area (Å²) in [5, 5.41) is 3.72. The average molecular weight is 312 g/mol. The molecule has 0 aliphatic rings. The molecule has 0 aliphatic carbocycles. The smallest absolute Gasteiger partial charge is 0.0178 e. The summed E-state index contributed by atoms with van der Waals surface area (Å²) in [5.41, 5.74) is 1.45. The predicted molar refractivity (Wildman–Crippen MR) is 84.2 cm³/mol. The van der Waals surface area contributed by atoms with Gasteiger partial charge in [-0.3, -0.25) is 0 Å². The fourth-order valence-electron chi connectivity index (χ4n) is 2.58. The van der Waals surface area contributed by atoms with Gasteiger partial charge in [-0.15, -0.1) is 0 Å². The molecular weight excluding hydrogens is 286 g/mol. The van der Waals surface area contributed by atoms with Crippen LogP contribution in [-0.4, -0.2) is 12.6 Å². The number of halogens is 1. The number of hydrogen-bond donors (Lipinski definition) is 1. The van der Waals surface area contributed by atoms with E-state index in [4.69, 9.17) is 0 Å². The monoisotopic (exact) mass is 311 g/mol. The van der Waals surface area contributed by atoms with Crippen LogP contribution in [0.1, 0.15) is 57.9 Å². The van der Waals surface area contributed by atoms with E-state index in [0.717, 1.165) is 6.54 Å². The van der Waals surface area contributed by atoms with Gasteiger partial charge in [-0.1, -0.05) is 55.3 Å². The van der Waals surface area contributed by atoms with Gasteiger partial charge in [0, 0.05) is 10.5 Å². The summed E-state index contributed by atoms with van der Waals surface area (Å²) in [7, 11) is 0. The molecule has 0 heterocycles. The van der Waals surface area contributed by atoms with Gasteiger partial charge in [0.1, 0.15) is 0 Å². The van der Waals surface area contributed by atoms with Gasteiger partial charge in [-0.2, -0.15) is 0 Å². The van der Waals surface area contributed by atoms with Crippen molar-refractivity contribution in [2.45, 2.75) is 58.4 Å². The molecule has 0 saturated heterocycles. The first-order valence-corrected chi connectivity index (χ1v) is 8.01. The van der Waals surface area contributed by atoms with Crippen LogP contribution in [0.3, 0.4) is 0 Å². The average Bonchev–Trinajstić information content (AvgIpc) is 2.37. The zero-order chi connectivity index (χ0) is 13.4. The Kier molecular flexibility index (Phi) is 7.60. The van der Waals surface area contributed by atoms with Crippen molar-refractivity contribution in [3.63, 3.8) is 0 Å². The maximum absolute atomic E-state index is 3.72. The molecule has 0 fully saturated rings. The summed E-state index contributed by atoms with van der Waals surface area (Å²) in [6.45, 7) is 7.92. The van der Waals surface area contributed by atoms with Gasteiger partial charge in [0.15, 0.2) is 0 Å². The molecule has 0 aliphatic heterocycles. The van der Waals surface area contributed by atoms with Crippen LogP contribution >= 0.6 is 15.9 Å². The zero-order valence-electron chi connectivity index (χ0n) is 11.9. The van der Waals surface area contributed by atoms with Gasteiger partial charge in [-0.05, 0) is 49.4 Å². The number of rotatable bonds is 8. The quantitative estimate of drug-likeness (QED) is 0.703. The Morgan fingerprint density at radius 1 is 1.17 bits per heavy atom. The molecule has 0 saturated carbocycles. The van der Waals surface area contributed by atoms with E-state index < -0.39 is 0 Å². The van der Waals surface area contributed by atoms with E-state index >= 15 is 0 Å². The number of hydrogen-bond acceptors (Lipinski definition) is 1. The molecule has 0 amide bonds. The first kappa shape index (κ1) is 15.7. The van der Waals surface area contributed by atoms with Crippen molar-refractivity contribution in [1.29, 1.82) is 0 Å². The molecule has 2 unspecified atom stereocenters. The Morgan fingerprint density at radius 3 is 2.50 bits per heavy atom. The lowest BCUT2D eigenvalue weighted by Gasteiger charge is -2.28. The Labute approximate surface area is 120 Å². The minimum Gasteiger partial charge on any atom is -0.313 e. The van der Waals surface area contributed by atoms with E-state index in [2.05, 4.69) is 66.3 Å². The second-order valence-corrected chi connectivity index (χ2v) is 5.83. The molecule has 1 nitrogen and oxygen atoms in total. The van der Waals surface area contributed by atoms with E-state index in [1.54, 1.807) is 0 Å². The lowest BCUT2D eigenvalue weighted by molar-refractivity contribution is 0.396. The fraction of sp³-hybridized carbons (Fsp3) is 0.625. The lowest BCUT2D eigenvalue weighted by atomic mass is 9.86. The minimum absolute atomic E-state index is 0.606. The third-order valence-electron chi connectivity index (χ3n) is 3.46. The Balaban J connectivity index is 2.83. The van der Waals surface area contributed by atoms with Crippen LogP contribution in [0.25, 0.3) is 0 Å². The Bertz CT molecular complexity index is 338. The summed E-state index contributed by atoms with van der Waals surface area (Å²) in [5.74, 6) is 0.619. The molecule has 0 spiro atoms. The highest BCUT2D eigenvalue weighted by Crippen LogP contribution is 2.28. The van der Waals surface area contributed by atoms with Gasteiger partial charge in [0.25, 0.3) is 0 Å². The molecular formula is C16H26BrN. The van der Waals surface area contributed by atoms with Crippen molar-refractivity contribution in [2.75, 3.05) is 6.54 Å². The Morgan fingerprint density at radius 2 is 1.94 bits per heavy atom. The van der Waals surface area contributed by atoms with Crippen LogP contribution in [0.15, 0.2) is 28.7 Å². The van der Waals surface area contributed by atoms with Crippen molar-refractivity contribution in [1.82, 2.24) is 5.32 Å². The molecule has 18 heavy (non-hydrogen) atoms. The number of nitrogens with one attached hydrogen (secondary N) is 1. The van der Waals surface area contributed by atoms with Gasteiger partial charge in [0.2, 0.25) is 0 Å². The molecule has 0 aromatic heterocycles. The Hall–Kier alpha value is -0.340. The standard InChI is InChI=1S/C16H26BrN/c1-4-8-16(18-11-5-2)15(6-3)13-9-7-10-14(17)12-13/h7,9-10,12,15-16,18H,4-6,8,11H2,1-3H3. The molecule has 2 heteroatoms. The fourth-order valence-corrected chi connectivity index (χ4v) is 2.99. The van der Waals surface area contributed by atoms with Crippen molar-refractivity contribution >= 4 is 15.9 Å². The summed E-state index contributed by atoms with van der Waals surface area (Å²) >= 11 is 3.58. The summed E-state index contributed by atoms with van der Waals surface area (Å²) in [6.07, 6.45) is 4.89. The SMILES string of the molecule is CCCNC(CCC)C(CC)c1cccc(Br)c1. The first-order chi connectivity index (χ1) is 8.72. The van der Waals surface area contributed by atoms with Crippen molar-refractivity contribution in [3.05, 3.63) is 34.3 Å². The third-order valence-corrected chi connectivity index (χ3v) is 3.95. The summed E-state index contributed by atoms with van der Waals surface area (Å²) in [6, 6.07) is 9.38. The van der Waals surface area contributed by atoms with Crippen LogP contribution in [-0.2, 0) is 0 Å². The molecule has 102 valence electrons. The molecule has 1 N–H and O–H groups in total. The minimum atomic E-state index is 0.606. The molecule has 1 rings (SSSR count). The van der Waals surface area contributed by atoms with Crippen molar-refractivity contribution in [3.8, 4) is 0 Å². The first-order valence-electron chi connectivity index (χ1n) is 7.21. The third kappa shape index (κ3) is 4.74. The molecule has 1 aromatic carbocycles. The van der Waals surface area contributed by atoms with Crippen molar-refractivity contribution < 1.29 is 0 Å². The van der Waals surface area contributed by atoms with Gasteiger partial charge >= 0.3 is 0 Å². The van der Waals surface area contributed by atoms with E-state index in [1.807, 2.05) is 0 Å². The van der Waals surface area contributed by atoms with E-state index in [-0.39, 0.29) is 0 Å². The lowest BCUT2D eigenvalue weighted by Crippen LogP contribution is -2.35. The highest BCUT2D eigenvalue weighted by Gasteiger charge is 2.20. The van der Waals surface area contributed by atoms with Crippen LogP contribution < -0.4 is 5.32 Å². The molecule has 1 aromatic rings. The molecule has 0 radical (unpaired) electrons. The van der Waals surface area contributed by atoms with E-state index in [0.29, 0.717) is 12.0 Å². The number of benzene rings is 1. The van der Waals surface area contributed by atoms with Crippen molar-refractivity contribution in [2.24, 2.45) is 0 Å². The molecule has 0 bridgehead atoms. The second-order valence-electron chi connectivity index (χ2n) is 4.92. The van der Waals surface area contributed by atoms with Gasteiger partial charge < -0.3 is 5.32 Å². The summed E-state index contributed by atoms with van der Waals surface area (Å²) in [4.78, 5) is 0. The van der Waals surface area contributed by atoms with Crippen LogP contribution in [0, 0.1) is 0 Å². The zero-order valence-corrected chi connectivity index (χ0v) is 13.5. The predicted octanol–water partition coefficient (Wildman–Crippen LogP) is 5.11. The largest absolute Gasteiger partial charge is 0.313 e. The maximum atomic E-state index is 3.72. The van der Waals surface area contributed by atoms with Gasteiger partial charge in [-0.25, -0.2) is 0 Å².